The van der Waals surface area contributed by atoms with Gasteiger partial charge in [0.15, 0.2) is 0 Å². The second kappa shape index (κ2) is 4.53. The van der Waals surface area contributed by atoms with E-state index in [-0.39, 0.29) is 12.1 Å². The van der Waals surface area contributed by atoms with Gasteiger partial charge in [-0.1, -0.05) is 0 Å². The van der Waals surface area contributed by atoms with Crippen LogP contribution >= 0.6 is 27.3 Å². The predicted octanol–water partition coefficient (Wildman–Crippen LogP) is 3.39. The van der Waals surface area contributed by atoms with Crippen LogP contribution in [0.3, 0.4) is 0 Å². The first kappa shape index (κ1) is 11.6. The summed E-state index contributed by atoms with van der Waals surface area (Å²) in [7, 11) is 0. The van der Waals surface area contributed by atoms with Crippen molar-refractivity contribution in [1.82, 2.24) is 0 Å². The number of hydrogen-bond acceptors (Lipinski definition) is 3. The highest BCUT2D eigenvalue weighted by molar-refractivity contribution is 9.10. The van der Waals surface area contributed by atoms with Gasteiger partial charge in [-0.2, -0.15) is 0 Å². The molecule has 1 saturated heterocycles. The Kier molecular flexibility index (Phi) is 3.50. The Morgan fingerprint density at radius 1 is 1.60 bits per heavy atom. The van der Waals surface area contributed by atoms with Gasteiger partial charge in [-0.15, -0.1) is 11.3 Å². The van der Waals surface area contributed by atoms with Crippen LogP contribution in [0.1, 0.15) is 35.6 Å². The largest absolute Gasteiger partial charge is 0.373 e. The molecule has 0 spiro atoms. The number of halogens is 1. The van der Waals surface area contributed by atoms with Crippen LogP contribution in [-0.4, -0.2) is 12.2 Å². The van der Waals surface area contributed by atoms with Gasteiger partial charge >= 0.3 is 0 Å². The van der Waals surface area contributed by atoms with E-state index in [1.165, 1.54) is 9.75 Å². The lowest BCUT2D eigenvalue weighted by Gasteiger charge is -2.17. The van der Waals surface area contributed by atoms with E-state index in [0.29, 0.717) is 6.10 Å². The second-order valence-electron chi connectivity index (χ2n) is 4.14. The molecule has 2 nitrogen and oxygen atoms in total. The van der Waals surface area contributed by atoms with Gasteiger partial charge in [0.1, 0.15) is 0 Å². The van der Waals surface area contributed by atoms with Crippen molar-refractivity contribution in [2.24, 2.45) is 5.73 Å². The smallest absolute Gasteiger partial charge is 0.0780 e. The maximum atomic E-state index is 6.21. The molecule has 15 heavy (non-hydrogen) atoms. The number of aryl methyl sites for hydroxylation is 1. The molecule has 0 bridgehead atoms. The monoisotopic (exact) mass is 289 g/mol. The van der Waals surface area contributed by atoms with E-state index in [4.69, 9.17) is 10.5 Å². The first-order valence-corrected chi connectivity index (χ1v) is 6.85. The van der Waals surface area contributed by atoms with E-state index < -0.39 is 0 Å². The Balaban J connectivity index is 2.10. The first-order chi connectivity index (χ1) is 7.08. The molecular weight excluding hydrogens is 274 g/mol. The second-order valence-corrected chi connectivity index (χ2v) is 6.28. The van der Waals surface area contributed by atoms with E-state index in [1.54, 1.807) is 11.3 Å². The molecule has 0 radical (unpaired) electrons. The fraction of sp³-hybridized carbons (Fsp3) is 0.636. The van der Waals surface area contributed by atoms with Gasteiger partial charge in [0.2, 0.25) is 0 Å². The third kappa shape index (κ3) is 2.44. The van der Waals surface area contributed by atoms with Gasteiger partial charge in [0.05, 0.1) is 18.2 Å². The van der Waals surface area contributed by atoms with Crippen LogP contribution in [-0.2, 0) is 4.74 Å². The molecule has 0 aromatic carbocycles. The summed E-state index contributed by atoms with van der Waals surface area (Å²) in [6.07, 6.45) is 2.77. The molecule has 2 rings (SSSR count). The van der Waals surface area contributed by atoms with Crippen molar-refractivity contribution >= 4 is 27.3 Å². The van der Waals surface area contributed by atoms with Crippen molar-refractivity contribution in [1.29, 1.82) is 0 Å². The van der Waals surface area contributed by atoms with E-state index in [9.17, 15) is 0 Å². The van der Waals surface area contributed by atoms with Crippen LogP contribution in [0.25, 0.3) is 0 Å². The summed E-state index contributed by atoms with van der Waals surface area (Å²) in [6, 6.07) is 2.15. The van der Waals surface area contributed by atoms with E-state index in [2.05, 4.69) is 35.8 Å². The highest BCUT2D eigenvalue weighted by Crippen LogP contribution is 2.35. The zero-order valence-corrected chi connectivity index (χ0v) is 11.4. The average Bonchev–Trinajstić information content (AvgIpc) is 2.74. The van der Waals surface area contributed by atoms with Gasteiger partial charge in [-0.05, 0) is 48.7 Å². The number of hydrogen-bond donors (Lipinski definition) is 1. The molecule has 4 heteroatoms. The molecule has 84 valence electrons. The van der Waals surface area contributed by atoms with Crippen LogP contribution in [0, 0.1) is 6.92 Å². The number of rotatable bonds is 2. The topological polar surface area (TPSA) is 35.2 Å². The van der Waals surface area contributed by atoms with Gasteiger partial charge in [-0.3, -0.25) is 0 Å². The minimum Gasteiger partial charge on any atom is -0.373 e. The molecule has 1 fully saturated rings. The molecule has 1 aromatic rings. The Hall–Kier alpha value is 0.100. The van der Waals surface area contributed by atoms with Crippen LogP contribution in [0.2, 0.25) is 0 Å². The SMILES string of the molecule is Cc1sc(C(N)C2CCC(C)O2)cc1Br. The fourth-order valence-corrected chi connectivity index (χ4v) is 3.54. The molecular formula is C11H16BrNOS. The van der Waals surface area contributed by atoms with Gasteiger partial charge < -0.3 is 10.5 Å². The highest BCUT2D eigenvalue weighted by Gasteiger charge is 2.29. The lowest BCUT2D eigenvalue weighted by Crippen LogP contribution is -2.25. The summed E-state index contributed by atoms with van der Waals surface area (Å²) >= 11 is 5.28. The summed E-state index contributed by atoms with van der Waals surface area (Å²) in [4.78, 5) is 2.50. The lowest BCUT2D eigenvalue weighted by atomic mass is 10.1. The molecule has 1 aromatic heterocycles. The molecule has 0 saturated carbocycles. The number of thiophene rings is 1. The molecule has 0 aliphatic carbocycles. The van der Waals surface area contributed by atoms with Gasteiger partial charge in [-0.25, -0.2) is 0 Å². The van der Waals surface area contributed by atoms with Crippen LogP contribution in [0.5, 0.6) is 0 Å². The Morgan fingerprint density at radius 2 is 2.33 bits per heavy atom. The van der Waals surface area contributed by atoms with Gasteiger partial charge in [0, 0.05) is 14.2 Å². The summed E-state index contributed by atoms with van der Waals surface area (Å²) in [5.41, 5.74) is 6.21. The Labute approximate surface area is 103 Å². The van der Waals surface area contributed by atoms with E-state index in [0.717, 1.165) is 17.3 Å². The maximum absolute atomic E-state index is 6.21. The van der Waals surface area contributed by atoms with Crippen LogP contribution < -0.4 is 5.73 Å². The Bertz CT molecular complexity index is 333. The lowest BCUT2D eigenvalue weighted by molar-refractivity contribution is 0.0408. The van der Waals surface area contributed by atoms with Crippen molar-refractivity contribution in [2.45, 2.75) is 44.9 Å². The van der Waals surface area contributed by atoms with Crippen LogP contribution in [0.15, 0.2) is 10.5 Å². The van der Waals surface area contributed by atoms with Crippen molar-refractivity contribution < 1.29 is 4.74 Å². The van der Waals surface area contributed by atoms with Crippen molar-refractivity contribution in [3.63, 3.8) is 0 Å². The number of ether oxygens (including phenoxy) is 1. The standard InChI is InChI=1S/C11H16BrNOS/c1-6-3-4-9(14-6)11(13)10-5-8(12)7(2)15-10/h5-6,9,11H,3-4,13H2,1-2H3. The van der Waals surface area contributed by atoms with Crippen molar-refractivity contribution in [3.05, 3.63) is 20.3 Å². The van der Waals surface area contributed by atoms with E-state index in [1.807, 2.05) is 0 Å². The molecule has 1 aliphatic heterocycles. The zero-order valence-electron chi connectivity index (χ0n) is 9.00. The fourth-order valence-electron chi connectivity index (χ4n) is 1.93. The minimum absolute atomic E-state index is 0.0324. The maximum Gasteiger partial charge on any atom is 0.0780 e. The molecule has 2 heterocycles. The molecule has 1 aliphatic rings. The van der Waals surface area contributed by atoms with Crippen molar-refractivity contribution in [3.8, 4) is 0 Å². The zero-order chi connectivity index (χ0) is 11.0. The molecule has 3 atom stereocenters. The summed E-state index contributed by atoms with van der Waals surface area (Å²) in [6.45, 7) is 4.21. The summed E-state index contributed by atoms with van der Waals surface area (Å²) in [5.74, 6) is 0. The molecule has 3 unspecified atom stereocenters. The third-order valence-corrected chi connectivity index (χ3v) is 5.11. The summed E-state index contributed by atoms with van der Waals surface area (Å²) < 4.78 is 6.95. The quantitative estimate of drug-likeness (QED) is 0.906. The third-order valence-electron chi connectivity index (χ3n) is 2.87. The summed E-state index contributed by atoms with van der Waals surface area (Å²) in [5, 5.41) is 0. The van der Waals surface area contributed by atoms with Crippen molar-refractivity contribution in [2.75, 3.05) is 0 Å². The highest BCUT2D eigenvalue weighted by atomic mass is 79.9. The number of nitrogens with two attached hydrogens (primary N) is 1. The Morgan fingerprint density at radius 3 is 2.80 bits per heavy atom. The van der Waals surface area contributed by atoms with Crippen LogP contribution in [0.4, 0.5) is 0 Å². The average molecular weight is 290 g/mol. The molecule has 0 amide bonds. The normalized spacial score (nSPS) is 28.3. The van der Waals surface area contributed by atoms with E-state index >= 15 is 0 Å². The predicted molar refractivity (Wildman–Crippen MR) is 67.3 cm³/mol. The molecule has 2 N–H and O–H groups in total. The van der Waals surface area contributed by atoms with Gasteiger partial charge in [0.25, 0.3) is 0 Å². The first-order valence-electron chi connectivity index (χ1n) is 5.25. The minimum atomic E-state index is 0.0324.